The van der Waals surface area contributed by atoms with Crippen LogP contribution in [0.25, 0.3) is 22.2 Å². The van der Waals surface area contributed by atoms with E-state index in [0.29, 0.717) is 17.8 Å². The molecule has 0 aliphatic carbocycles. The van der Waals surface area contributed by atoms with Crippen LogP contribution in [0.4, 0.5) is 8.78 Å². The molecule has 38 heavy (non-hydrogen) atoms. The second kappa shape index (κ2) is 8.56. The SMILES string of the molecule is CC(=O)N1[C@@H](C)c2cccc(OC(F)F)c2[C@H]2C[C@H]1c1nc3ccc(-c4cnc(C(C)(C)O)nc4)cc3n12. The number of benzene rings is 2. The number of carbonyl (C=O) groups excluding carboxylic acids is 1. The van der Waals surface area contributed by atoms with E-state index in [2.05, 4.69) is 14.5 Å². The zero-order chi connectivity index (χ0) is 26.9. The van der Waals surface area contributed by atoms with Crippen molar-refractivity contribution >= 4 is 16.9 Å². The lowest BCUT2D eigenvalue weighted by Crippen LogP contribution is -2.34. The molecule has 3 atom stereocenters. The van der Waals surface area contributed by atoms with Crippen molar-refractivity contribution in [2.45, 2.75) is 64.5 Å². The number of hydrogen-bond donors (Lipinski definition) is 1. The summed E-state index contributed by atoms with van der Waals surface area (Å²) in [5, 5.41) is 10.2. The molecule has 0 spiro atoms. The molecule has 4 heterocycles. The Labute approximate surface area is 217 Å². The van der Waals surface area contributed by atoms with Gasteiger partial charge in [-0.05, 0) is 50.1 Å². The summed E-state index contributed by atoms with van der Waals surface area (Å²) < 4.78 is 33.9. The first kappa shape index (κ1) is 24.4. The molecule has 1 N–H and O–H groups in total. The van der Waals surface area contributed by atoms with Gasteiger partial charge in [-0.2, -0.15) is 8.78 Å². The number of nitrogens with zero attached hydrogens (tertiary/aromatic N) is 5. The Bertz CT molecular complexity index is 1560. The topological polar surface area (TPSA) is 93.4 Å². The maximum Gasteiger partial charge on any atom is 0.387 e. The van der Waals surface area contributed by atoms with Crippen LogP contribution in [0, 0.1) is 0 Å². The van der Waals surface area contributed by atoms with Crippen molar-refractivity contribution in [3.05, 3.63) is 71.6 Å². The molecule has 2 aromatic heterocycles. The van der Waals surface area contributed by atoms with Crippen LogP contribution in [-0.4, -0.2) is 42.0 Å². The largest absolute Gasteiger partial charge is 0.434 e. The quantitative estimate of drug-likeness (QED) is 0.394. The number of fused-ring (bicyclic) bond motifs is 9. The van der Waals surface area contributed by atoms with Crippen molar-refractivity contribution in [1.29, 1.82) is 0 Å². The van der Waals surface area contributed by atoms with Gasteiger partial charge in [0.1, 0.15) is 17.2 Å². The molecule has 10 heteroatoms. The molecule has 0 saturated heterocycles. The smallest absolute Gasteiger partial charge is 0.387 e. The number of aliphatic hydroxyl groups is 1. The number of carbonyl (C=O) groups is 1. The summed E-state index contributed by atoms with van der Waals surface area (Å²) in [5.41, 5.74) is 3.42. The third kappa shape index (κ3) is 3.74. The molecule has 0 saturated carbocycles. The number of alkyl halides is 2. The minimum absolute atomic E-state index is 0.111. The van der Waals surface area contributed by atoms with Crippen LogP contribution in [0.3, 0.4) is 0 Å². The average Bonchev–Trinajstić information content (AvgIpc) is 3.36. The molecule has 6 rings (SSSR count). The Morgan fingerprint density at radius 2 is 1.87 bits per heavy atom. The molecule has 0 fully saturated rings. The average molecular weight is 520 g/mol. The van der Waals surface area contributed by atoms with Gasteiger partial charge in [0.25, 0.3) is 0 Å². The lowest BCUT2D eigenvalue weighted by Gasteiger charge is -2.33. The fourth-order valence-corrected chi connectivity index (χ4v) is 5.95. The zero-order valence-electron chi connectivity index (χ0n) is 21.4. The minimum atomic E-state index is -2.97. The summed E-state index contributed by atoms with van der Waals surface area (Å²) in [7, 11) is 0. The highest BCUT2D eigenvalue weighted by atomic mass is 19.3. The van der Waals surface area contributed by atoms with E-state index in [0.717, 1.165) is 33.5 Å². The van der Waals surface area contributed by atoms with Gasteiger partial charge in [-0.1, -0.05) is 18.2 Å². The summed E-state index contributed by atoms with van der Waals surface area (Å²) >= 11 is 0. The summed E-state index contributed by atoms with van der Waals surface area (Å²) in [6, 6.07) is 9.91. The van der Waals surface area contributed by atoms with E-state index in [1.807, 2.05) is 31.2 Å². The highest BCUT2D eigenvalue weighted by molar-refractivity contribution is 5.84. The van der Waals surface area contributed by atoms with Crippen LogP contribution in [-0.2, 0) is 10.4 Å². The van der Waals surface area contributed by atoms with Crippen molar-refractivity contribution in [3.8, 4) is 16.9 Å². The maximum atomic E-state index is 13.4. The van der Waals surface area contributed by atoms with Gasteiger partial charge in [0.2, 0.25) is 5.91 Å². The highest BCUT2D eigenvalue weighted by Crippen LogP contribution is 2.53. The van der Waals surface area contributed by atoms with Crippen LogP contribution in [0.2, 0.25) is 0 Å². The number of hydrogen-bond acceptors (Lipinski definition) is 6. The van der Waals surface area contributed by atoms with E-state index in [4.69, 9.17) is 9.72 Å². The van der Waals surface area contributed by atoms with E-state index < -0.39 is 12.2 Å². The number of amides is 1. The number of imidazole rings is 1. The third-order valence-corrected chi connectivity index (χ3v) is 7.52. The van der Waals surface area contributed by atoms with Gasteiger partial charge in [0, 0.05) is 36.9 Å². The van der Waals surface area contributed by atoms with Crippen molar-refractivity contribution in [2.24, 2.45) is 0 Å². The lowest BCUT2D eigenvalue weighted by molar-refractivity contribution is -0.133. The van der Waals surface area contributed by atoms with E-state index in [1.165, 1.54) is 6.92 Å². The fraction of sp³-hybridized carbons (Fsp3) is 0.357. The van der Waals surface area contributed by atoms with Gasteiger partial charge in [0.05, 0.1) is 29.2 Å². The van der Waals surface area contributed by atoms with Gasteiger partial charge in [0.15, 0.2) is 5.82 Å². The molecule has 2 aromatic carbocycles. The monoisotopic (exact) mass is 519 g/mol. The highest BCUT2D eigenvalue weighted by Gasteiger charge is 2.46. The second-order valence-corrected chi connectivity index (χ2v) is 10.4. The first-order chi connectivity index (χ1) is 18.0. The summed E-state index contributed by atoms with van der Waals surface area (Å²) in [5.74, 6) is 1.04. The molecule has 4 aromatic rings. The first-order valence-corrected chi connectivity index (χ1v) is 12.5. The zero-order valence-corrected chi connectivity index (χ0v) is 21.4. The molecule has 0 unspecified atom stereocenters. The van der Waals surface area contributed by atoms with Gasteiger partial charge < -0.3 is 19.3 Å². The Kier molecular flexibility index (Phi) is 5.50. The number of rotatable bonds is 4. The van der Waals surface area contributed by atoms with Gasteiger partial charge in [-0.25, -0.2) is 15.0 Å². The van der Waals surface area contributed by atoms with Crippen molar-refractivity contribution in [3.63, 3.8) is 0 Å². The van der Waals surface area contributed by atoms with E-state index >= 15 is 0 Å². The number of ether oxygens (including phenoxy) is 1. The normalized spacial score (nSPS) is 20.4. The molecule has 2 aliphatic heterocycles. The predicted octanol–water partition coefficient (Wildman–Crippen LogP) is 5.28. The summed E-state index contributed by atoms with van der Waals surface area (Å²) in [6.07, 6.45) is 3.83. The van der Waals surface area contributed by atoms with E-state index in [-0.39, 0.29) is 29.8 Å². The molecule has 0 radical (unpaired) electrons. The van der Waals surface area contributed by atoms with Gasteiger partial charge in [-0.15, -0.1) is 0 Å². The molecule has 2 bridgehead atoms. The van der Waals surface area contributed by atoms with Crippen LogP contribution < -0.4 is 4.74 Å². The van der Waals surface area contributed by atoms with E-state index in [1.54, 1.807) is 43.3 Å². The molecular weight excluding hydrogens is 492 g/mol. The molecule has 8 nitrogen and oxygen atoms in total. The van der Waals surface area contributed by atoms with Gasteiger partial charge >= 0.3 is 6.61 Å². The summed E-state index contributed by atoms with van der Waals surface area (Å²) in [4.78, 5) is 28.2. The molecule has 1 amide bonds. The third-order valence-electron chi connectivity index (χ3n) is 7.52. The number of halogens is 2. The van der Waals surface area contributed by atoms with Crippen molar-refractivity contribution in [1.82, 2.24) is 24.4 Å². The Morgan fingerprint density at radius 1 is 1.13 bits per heavy atom. The summed E-state index contributed by atoms with van der Waals surface area (Å²) in [6.45, 7) is 3.71. The lowest BCUT2D eigenvalue weighted by atomic mass is 9.94. The van der Waals surface area contributed by atoms with Crippen LogP contribution in [0.5, 0.6) is 5.75 Å². The Morgan fingerprint density at radius 3 is 2.53 bits per heavy atom. The molecular formula is C28H27F2N5O3. The molecule has 2 aliphatic rings. The Hall–Kier alpha value is -3.92. The van der Waals surface area contributed by atoms with Crippen LogP contribution >= 0.6 is 0 Å². The van der Waals surface area contributed by atoms with Crippen molar-refractivity contribution in [2.75, 3.05) is 0 Å². The minimum Gasteiger partial charge on any atom is -0.434 e. The molecule has 196 valence electrons. The van der Waals surface area contributed by atoms with Gasteiger partial charge in [-0.3, -0.25) is 4.79 Å². The van der Waals surface area contributed by atoms with Crippen molar-refractivity contribution < 1.29 is 23.4 Å². The maximum absolute atomic E-state index is 13.4. The second-order valence-electron chi connectivity index (χ2n) is 10.4. The first-order valence-electron chi connectivity index (χ1n) is 12.5. The number of aromatic nitrogens is 4. The fourth-order valence-electron chi connectivity index (χ4n) is 5.95. The van der Waals surface area contributed by atoms with Crippen LogP contribution in [0.15, 0.2) is 48.8 Å². The van der Waals surface area contributed by atoms with Crippen LogP contribution in [0.1, 0.15) is 75.0 Å². The Balaban J connectivity index is 1.55. The predicted molar refractivity (Wildman–Crippen MR) is 136 cm³/mol. The van der Waals surface area contributed by atoms with E-state index in [9.17, 15) is 18.7 Å². The standard InChI is InChI=1S/C28H27F2N5O3/c1-14-18-6-5-7-23(38-27(29)30)24(18)21-11-22(34(14)15(2)36)25-33-19-9-8-16(10-20(19)35(21)25)17-12-31-26(32-13-17)28(3,4)37/h5-10,12-14,21-22,27,37H,11H2,1-4H3/t14-,21+,22-/m0/s1.